The van der Waals surface area contributed by atoms with Gasteiger partial charge in [-0.05, 0) is 42.8 Å². The van der Waals surface area contributed by atoms with Crippen LogP contribution in [0.4, 0.5) is 5.82 Å². The highest BCUT2D eigenvalue weighted by Crippen LogP contribution is 2.31. The molecule has 136 valence electrons. The molecule has 0 atom stereocenters. The Bertz CT molecular complexity index is 1150. The van der Waals surface area contributed by atoms with Gasteiger partial charge in [0.1, 0.15) is 16.9 Å². The summed E-state index contributed by atoms with van der Waals surface area (Å²) in [4.78, 5) is 22.0. The van der Waals surface area contributed by atoms with E-state index in [-0.39, 0.29) is 11.4 Å². The van der Waals surface area contributed by atoms with Crippen LogP contribution in [0.1, 0.15) is 23.7 Å². The first-order chi connectivity index (χ1) is 13.1. The highest BCUT2D eigenvalue weighted by molar-refractivity contribution is 6.30. The number of nitrogens with zero attached hydrogens (tertiary/aromatic N) is 3. The van der Waals surface area contributed by atoms with Crippen molar-refractivity contribution in [2.75, 3.05) is 12.3 Å². The standard InChI is InChI=1S/C20H17ClN4O2/c1-2-11-27-20(26)16-17-19(24-15-6-4-3-5-14(15)23-17)25(18(16)22)13-9-7-12(21)8-10-13/h3-10H,2,11,22H2,1H3. The number of aromatic nitrogens is 3. The van der Waals surface area contributed by atoms with Crippen LogP contribution in [0, 0.1) is 0 Å². The Hall–Kier alpha value is -3.12. The average Bonchev–Trinajstić information content (AvgIpc) is 2.96. The zero-order valence-electron chi connectivity index (χ0n) is 14.6. The second-order valence-electron chi connectivity index (χ2n) is 6.09. The van der Waals surface area contributed by atoms with Crippen molar-refractivity contribution in [1.82, 2.24) is 14.5 Å². The first-order valence-electron chi connectivity index (χ1n) is 8.60. The summed E-state index contributed by atoms with van der Waals surface area (Å²) in [5.74, 6) is -0.264. The Balaban J connectivity index is 2.03. The molecule has 0 aliphatic carbocycles. The quantitative estimate of drug-likeness (QED) is 0.531. The number of hydrogen-bond acceptors (Lipinski definition) is 5. The zero-order chi connectivity index (χ0) is 19.0. The molecule has 2 aromatic carbocycles. The molecule has 7 heteroatoms. The van der Waals surface area contributed by atoms with Gasteiger partial charge >= 0.3 is 5.97 Å². The zero-order valence-corrected chi connectivity index (χ0v) is 15.4. The van der Waals surface area contributed by atoms with Crippen molar-refractivity contribution < 1.29 is 9.53 Å². The Morgan fingerprint density at radius 2 is 1.78 bits per heavy atom. The third-order valence-electron chi connectivity index (χ3n) is 4.22. The van der Waals surface area contributed by atoms with Crippen molar-refractivity contribution in [2.24, 2.45) is 0 Å². The van der Waals surface area contributed by atoms with Crippen molar-refractivity contribution in [3.8, 4) is 5.69 Å². The number of nitrogen functional groups attached to an aromatic ring is 1. The van der Waals surface area contributed by atoms with Gasteiger partial charge in [-0.3, -0.25) is 4.57 Å². The number of anilines is 1. The first-order valence-corrected chi connectivity index (χ1v) is 8.97. The highest BCUT2D eigenvalue weighted by Gasteiger charge is 2.25. The number of ether oxygens (including phenoxy) is 1. The average molecular weight is 381 g/mol. The first kappa shape index (κ1) is 17.3. The maximum atomic E-state index is 12.7. The number of hydrogen-bond donors (Lipinski definition) is 1. The smallest absolute Gasteiger partial charge is 0.344 e. The maximum absolute atomic E-state index is 12.7. The van der Waals surface area contributed by atoms with Gasteiger partial charge in [-0.25, -0.2) is 14.8 Å². The normalized spacial score (nSPS) is 11.2. The van der Waals surface area contributed by atoms with Crippen molar-refractivity contribution in [2.45, 2.75) is 13.3 Å². The van der Waals surface area contributed by atoms with Crippen LogP contribution in [0.3, 0.4) is 0 Å². The minimum atomic E-state index is -0.503. The predicted octanol–water partition coefficient (Wildman–Crippen LogP) is 4.38. The summed E-state index contributed by atoms with van der Waals surface area (Å²) >= 11 is 6.01. The summed E-state index contributed by atoms with van der Waals surface area (Å²) in [6, 6.07) is 14.6. The van der Waals surface area contributed by atoms with E-state index in [0.29, 0.717) is 33.8 Å². The molecule has 2 aromatic heterocycles. The van der Waals surface area contributed by atoms with Gasteiger partial charge in [-0.2, -0.15) is 0 Å². The molecule has 0 saturated carbocycles. The van der Waals surface area contributed by atoms with Gasteiger partial charge in [0.15, 0.2) is 5.65 Å². The largest absolute Gasteiger partial charge is 0.462 e. The number of carbonyl (C=O) groups is 1. The molecule has 0 amide bonds. The van der Waals surface area contributed by atoms with Crippen LogP contribution >= 0.6 is 11.6 Å². The number of nitrogens with two attached hydrogens (primary N) is 1. The third kappa shape index (κ3) is 2.98. The molecule has 4 rings (SSSR count). The second kappa shape index (κ2) is 6.89. The molecule has 0 radical (unpaired) electrons. The fourth-order valence-electron chi connectivity index (χ4n) is 2.98. The molecular weight excluding hydrogens is 364 g/mol. The topological polar surface area (TPSA) is 83.0 Å². The van der Waals surface area contributed by atoms with Crippen LogP contribution in [-0.4, -0.2) is 27.1 Å². The van der Waals surface area contributed by atoms with Gasteiger partial charge in [0, 0.05) is 10.7 Å². The minimum absolute atomic E-state index is 0.228. The summed E-state index contributed by atoms with van der Waals surface area (Å²) in [5, 5.41) is 0.605. The molecule has 4 aromatic rings. The summed E-state index contributed by atoms with van der Waals surface area (Å²) in [6.45, 7) is 2.24. The fourth-order valence-corrected chi connectivity index (χ4v) is 3.11. The number of rotatable bonds is 4. The summed E-state index contributed by atoms with van der Waals surface area (Å²) in [5.41, 5.74) is 9.65. The van der Waals surface area contributed by atoms with Gasteiger partial charge in [-0.1, -0.05) is 30.7 Å². The van der Waals surface area contributed by atoms with E-state index >= 15 is 0 Å². The van der Waals surface area contributed by atoms with Gasteiger partial charge in [-0.15, -0.1) is 0 Å². The third-order valence-corrected chi connectivity index (χ3v) is 4.48. The van der Waals surface area contributed by atoms with Gasteiger partial charge in [0.25, 0.3) is 0 Å². The molecular formula is C20H17ClN4O2. The van der Waals surface area contributed by atoms with Crippen molar-refractivity contribution >= 4 is 45.6 Å². The Kier molecular flexibility index (Phi) is 4.41. The molecule has 0 bridgehead atoms. The van der Waals surface area contributed by atoms with E-state index in [2.05, 4.69) is 4.98 Å². The molecule has 6 nitrogen and oxygen atoms in total. The Morgan fingerprint density at radius 1 is 1.11 bits per heavy atom. The monoisotopic (exact) mass is 380 g/mol. The van der Waals surface area contributed by atoms with E-state index < -0.39 is 5.97 Å². The molecule has 0 aliphatic rings. The lowest BCUT2D eigenvalue weighted by molar-refractivity contribution is 0.0508. The van der Waals surface area contributed by atoms with E-state index in [9.17, 15) is 4.79 Å². The lowest BCUT2D eigenvalue weighted by Crippen LogP contribution is -2.09. The van der Waals surface area contributed by atoms with Crippen molar-refractivity contribution in [1.29, 1.82) is 0 Å². The van der Waals surface area contributed by atoms with E-state index in [1.165, 1.54) is 0 Å². The molecule has 0 unspecified atom stereocenters. The number of benzene rings is 2. The Morgan fingerprint density at radius 3 is 2.44 bits per heavy atom. The number of esters is 1. The molecule has 2 heterocycles. The van der Waals surface area contributed by atoms with Crippen molar-refractivity contribution in [3.05, 3.63) is 59.1 Å². The number of halogens is 1. The number of carbonyl (C=O) groups excluding carboxylic acids is 1. The van der Waals surface area contributed by atoms with Gasteiger partial charge in [0.05, 0.1) is 17.6 Å². The van der Waals surface area contributed by atoms with E-state index in [4.69, 9.17) is 27.1 Å². The maximum Gasteiger partial charge on any atom is 0.344 e. The van der Waals surface area contributed by atoms with Gasteiger partial charge in [0.2, 0.25) is 0 Å². The van der Waals surface area contributed by atoms with E-state index in [1.54, 1.807) is 16.7 Å². The van der Waals surface area contributed by atoms with Crippen LogP contribution in [0.2, 0.25) is 5.02 Å². The van der Waals surface area contributed by atoms with Crippen LogP contribution < -0.4 is 5.73 Å². The van der Waals surface area contributed by atoms with Crippen LogP contribution in [0.25, 0.3) is 27.9 Å². The molecule has 0 spiro atoms. The SMILES string of the molecule is CCCOC(=O)c1c(N)n(-c2ccc(Cl)cc2)c2nc3ccccc3nc12. The van der Waals surface area contributed by atoms with E-state index in [1.807, 2.05) is 43.3 Å². The van der Waals surface area contributed by atoms with Crippen molar-refractivity contribution in [3.63, 3.8) is 0 Å². The summed E-state index contributed by atoms with van der Waals surface area (Å²) in [7, 11) is 0. The van der Waals surface area contributed by atoms with Crippen LogP contribution in [0.15, 0.2) is 48.5 Å². The molecule has 0 saturated heterocycles. The fraction of sp³-hybridized carbons (Fsp3) is 0.150. The molecule has 0 fully saturated rings. The minimum Gasteiger partial charge on any atom is -0.462 e. The van der Waals surface area contributed by atoms with Gasteiger partial charge < -0.3 is 10.5 Å². The predicted molar refractivity (Wildman–Crippen MR) is 106 cm³/mol. The van der Waals surface area contributed by atoms with Crippen LogP contribution in [0.5, 0.6) is 0 Å². The highest BCUT2D eigenvalue weighted by atomic mass is 35.5. The lowest BCUT2D eigenvalue weighted by atomic mass is 10.2. The molecule has 0 aliphatic heterocycles. The van der Waals surface area contributed by atoms with E-state index in [0.717, 1.165) is 12.1 Å². The molecule has 27 heavy (non-hydrogen) atoms. The second-order valence-corrected chi connectivity index (χ2v) is 6.53. The molecule has 2 N–H and O–H groups in total. The summed E-state index contributed by atoms with van der Waals surface area (Å²) < 4.78 is 7.03. The Labute approximate surface area is 160 Å². The van der Waals surface area contributed by atoms with Crippen LogP contribution in [-0.2, 0) is 4.74 Å². The lowest BCUT2D eigenvalue weighted by Gasteiger charge is -2.08. The number of fused-ring (bicyclic) bond motifs is 2. The summed E-state index contributed by atoms with van der Waals surface area (Å²) in [6.07, 6.45) is 0.718. The number of para-hydroxylation sites is 2.